The number of hydrogen-bond acceptors (Lipinski definition) is 4. The second kappa shape index (κ2) is 5.49. The van der Waals surface area contributed by atoms with Gasteiger partial charge in [-0.25, -0.2) is 0 Å². The lowest BCUT2D eigenvalue weighted by Crippen LogP contribution is -2.60. The van der Waals surface area contributed by atoms with Crippen LogP contribution in [0.3, 0.4) is 0 Å². The van der Waals surface area contributed by atoms with Gasteiger partial charge < -0.3 is 20.3 Å². The van der Waals surface area contributed by atoms with E-state index in [0.717, 1.165) is 17.7 Å². The highest BCUT2D eigenvalue weighted by Crippen LogP contribution is 2.40. The Hall–Kier alpha value is -1.10. The van der Waals surface area contributed by atoms with Crippen LogP contribution < -0.4 is 10.1 Å². The predicted octanol–water partition coefficient (Wildman–Crippen LogP) is 1.48. The third kappa shape index (κ3) is 2.91. The fourth-order valence-electron chi connectivity index (χ4n) is 2.47. The molecule has 0 bridgehead atoms. The second-order valence-electron chi connectivity index (χ2n) is 5.83. The van der Waals surface area contributed by atoms with Gasteiger partial charge in [-0.05, 0) is 24.1 Å². The van der Waals surface area contributed by atoms with Crippen LogP contribution >= 0.6 is 0 Å². The number of rotatable bonds is 5. The van der Waals surface area contributed by atoms with E-state index in [-0.39, 0.29) is 17.6 Å². The molecule has 19 heavy (non-hydrogen) atoms. The molecule has 0 spiro atoms. The van der Waals surface area contributed by atoms with Gasteiger partial charge in [0.15, 0.2) is 0 Å². The maximum absolute atomic E-state index is 10.2. The highest BCUT2D eigenvalue weighted by atomic mass is 16.5. The van der Waals surface area contributed by atoms with Gasteiger partial charge in [-0.15, -0.1) is 0 Å². The Morgan fingerprint density at radius 3 is 2.79 bits per heavy atom. The van der Waals surface area contributed by atoms with Gasteiger partial charge in [0.1, 0.15) is 5.75 Å². The van der Waals surface area contributed by atoms with Gasteiger partial charge in [0.2, 0.25) is 0 Å². The molecular formula is C15H23NO3. The summed E-state index contributed by atoms with van der Waals surface area (Å²) in [5.74, 6) is 0.746. The first-order valence-corrected chi connectivity index (χ1v) is 6.68. The summed E-state index contributed by atoms with van der Waals surface area (Å²) in [6.07, 6.45) is -0.0692. The molecule has 0 radical (unpaired) electrons. The number of benzene rings is 1. The van der Waals surface area contributed by atoms with Crippen molar-refractivity contribution in [2.75, 3.05) is 13.7 Å². The van der Waals surface area contributed by atoms with Crippen LogP contribution in [0.25, 0.3) is 0 Å². The van der Waals surface area contributed by atoms with Crippen LogP contribution in [0.2, 0.25) is 0 Å². The molecule has 1 aliphatic rings. The molecule has 3 unspecified atom stereocenters. The highest BCUT2D eigenvalue weighted by molar-refractivity contribution is 5.30. The summed E-state index contributed by atoms with van der Waals surface area (Å²) in [5, 5.41) is 23.2. The van der Waals surface area contributed by atoms with Gasteiger partial charge in [-0.1, -0.05) is 26.0 Å². The molecule has 1 aliphatic carbocycles. The van der Waals surface area contributed by atoms with E-state index in [1.54, 1.807) is 7.11 Å². The molecule has 1 saturated carbocycles. The standard InChI is InChI=1S/C15H23NO3/c1-15(2)13(8-14(15)18)16-9-12(17)10-5-4-6-11(7-10)19-3/h4-7,12-14,16-18H,8-9H2,1-3H3. The summed E-state index contributed by atoms with van der Waals surface area (Å²) in [6, 6.07) is 7.70. The Labute approximate surface area is 114 Å². The molecule has 3 N–H and O–H groups in total. The van der Waals surface area contributed by atoms with Crippen molar-refractivity contribution in [1.29, 1.82) is 0 Å². The number of aliphatic hydroxyl groups excluding tert-OH is 2. The number of hydrogen-bond donors (Lipinski definition) is 3. The summed E-state index contributed by atoms with van der Waals surface area (Å²) >= 11 is 0. The smallest absolute Gasteiger partial charge is 0.119 e. The summed E-state index contributed by atoms with van der Waals surface area (Å²) in [5.41, 5.74) is 0.721. The van der Waals surface area contributed by atoms with Gasteiger partial charge in [0.05, 0.1) is 19.3 Å². The molecule has 1 aromatic rings. The first kappa shape index (κ1) is 14.3. The van der Waals surface area contributed by atoms with Crippen molar-refractivity contribution in [2.24, 2.45) is 5.41 Å². The van der Waals surface area contributed by atoms with E-state index in [2.05, 4.69) is 5.32 Å². The van der Waals surface area contributed by atoms with Crippen molar-refractivity contribution in [3.05, 3.63) is 29.8 Å². The van der Waals surface area contributed by atoms with E-state index in [1.165, 1.54) is 0 Å². The minimum atomic E-state index is -0.566. The van der Waals surface area contributed by atoms with Gasteiger partial charge in [-0.3, -0.25) is 0 Å². The zero-order chi connectivity index (χ0) is 14.0. The topological polar surface area (TPSA) is 61.7 Å². The van der Waals surface area contributed by atoms with Crippen molar-refractivity contribution in [2.45, 2.75) is 38.5 Å². The molecule has 0 aliphatic heterocycles. The van der Waals surface area contributed by atoms with E-state index >= 15 is 0 Å². The fraction of sp³-hybridized carbons (Fsp3) is 0.600. The van der Waals surface area contributed by atoms with Crippen molar-refractivity contribution >= 4 is 0 Å². The minimum absolute atomic E-state index is 0.117. The third-order valence-electron chi connectivity index (χ3n) is 4.25. The fourth-order valence-corrected chi connectivity index (χ4v) is 2.47. The largest absolute Gasteiger partial charge is 0.497 e. The van der Waals surface area contributed by atoms with Crippen LogP contribution in [0.4, 0.5) is 0 Å². The van der Waals surface area contributed by atoms with E-state index in [0.29, 0.717) is 6.54 Å². The SMILES string of the molecule is COc1cccc(C(O)CNC2CC(O)C2(C)C)c1. The van der Waals surface area contributed by atoms with E-state index in [1.807, 2.05) is 38.1 Å². The molecule has 1 fully saturated rings. The quantitative estimate of drug-likeness (QED) is 0.754. The van der Waals surface area contributed by atoms with Crippen LogP contribution in [0.1, 0.15) is 31.9 Å². The Morgan fingerprint density at radius 1 is 1.47 bits per heavy atom. The first-order valence-electron chi connectivity index (χ1n) is 6.68. The maximum Gasteiger partial charge on any atom is 0.119 e. The van der Waals surface area contributed by atoms with Crippen molar-refractivity contribution in [3.8, 4) is 5.75 Å². The summed E-state index contributed by atoms with van der Waals surface area (Å²) in [6.45, 7) is 4.56. The Bertz CT molecular complexity index is 433. The average molecular weight is 265 g/mol. The van der Waals surface area contributed by atoms with E-state index < -0.39 is 6.10 Å². The van der Waals surface area contributed by atoms with Gasteiger partial charge in [-0.2, -0.15) is 0 Å². The molecule has 0 saturated heterocycles. The zero-order valence-electron chi connectivity index (χ0n) is 11.8. The molecule has 1 aromatic carbocycles. The monoisotopic (exact) mass is 265 g/mol. The molecule has 106 valence electrons. The number of nitrogens with one attached hydrogen (secondary N) is 1. The summed E-state index contributed by atoms with van der Waals surface area (Å²) < 4.78 is 5.15. The average Bonchev–Trinajstić information content (AvgIpc) is 2.42. The first-order chi connectivity index (χ1) is 8.95. The zero-order valence-corrected chi connectivity index (χ0v) is 11.8. The normalized spacial score (nSPS) is 26.6. The lowest BCUT2D eigenvalue weighted by atomic mass is 9.64. The molecule has 0 heterocycles. The Kier molecular flexibility index (Phi) is 4.13. The highest BCUT2D eigenvalue weighted by Gasteiger charge is 2.46. The Morgan fingerprint density at radius 2 is 2.21 bits per heavy atom. The van der Waals surface area contributed by atoms with E-state index in [9.17, 15) is 10.2 Å². The number of aliphatic hydroxyl groups is 2. The van der Waals surface area contributed by atoms with Crippen molar-refractivity contribution in [3.63, 3.8) is 0 Å². The number of methoxy groups -OCH3 is 1. The predicted molar refractivity (Wildman–Crippen MR) is 74.1 cm³/mol. The third-order valence-corrected chi connectivity index (χ3v) is 4.25. The van der Waals surface area contributed by atoms with Crippen LogP contribution in [0.5, 0.6) is 5.75 Å². The number of ether oxygens (including phenoxy) is 1. The van der Waals surface area contributed by atoms with Crippen molar-refractivity contribution in [1.82, 2.24) is 5.32 Å². The lowest BCUT2D eigenvalue weighted by Gasteiger charge is -2.50. The summed E-state index contributed by atoms with van der Waals surface area (Å²) in [4.78, 5) is 0. The summed E-state index contributed by atoms with van der Waals surface area (Å²) in [7, 11) is 1.61. The van der Waals surface area contributed by atoms with Crippen LogP contribution in [-0.4, -0.2) is 36.0 Å². The lowest BCUT2D eigenvalue weighted by molar-refractivity contribution is -0.0749. The van der Waals surface area contributed by atoms with E-state index in [4.69, 9.17) is 4.74 Å². The van der Waals surface area contributed by atoms with Crippen LogP contribution in [-0.2, 0) is 0 Å². The van der Waals surface area contributed by atoms with Gasteiger partial charge in [0.25, 0.3) is 0 Å². The molecule has 3 atom stereocenters. The second-order valence-corrected chi connectivity index (χ2v) is 5.83. The molecule has 0 aromatic heterocycles. The minimum Gasteiger partial charge on any atom is -0.497 e. The van der Waals surface area contributed by atoms with Crippen molar-refractivity contribution < 1.29 is 14.9 Å². The van der Waals surface area contributed by atoms with Crippen LogP contribution in [0.15, 0.2) is 24.3 Å². The molecular weight excluding hydrogens is 242 g/mol. The van der Waals surface area contributed by atoms with Gasteiger partial charge in [0, 0.05) is 18.0 Å². The molecule has 4 heteroatoms. The van der Waals surface area contributed by atoms with Gasteiger partial charge >= 0.3 is 0 Å². The maximum atomic E-state index is 10.2. The molecule has 2 rings (SSSR count). The Balaban J connectivity index is 1.89. The molecule has 4 nitrogen and oxygen atoms in total. The molecule has 0 amide bonds. The van der Waals surface area contributed by atoms with Crippen LogP contribution in [0, 0.1) is 5.41 Å².